The van der Waals surface area contributed by atoms with Gasteiger partial charge in [0.05, 0.1) is 20.0 Å². The molecule has 0 heterocycles. The molecule has 2 aromatic carbocycles. The van der Waals surface area contributed by atoms with E-state index in [1.54, 1.807) is 21.0 Å². The Kier molecular flexibility index (Phi) is 10.5. The number of halogens is 1. The van der Waals surface area contributed by atoms with Crippen LogP contribution in [0.2, 0.25) is 5.02 Å². The van der Waals surface area contributed by atoms with Gasteiger partial charge in [0.15, 0.2) is 11.5 Å². The molecule has 1 unspecified atom stereocenters. The first-order chi connectivity index (χ1) is 15.6. The molecule has 2 aromatic rings. The summed E-state index contributed by atoms with van der Waals surface area (Å²) in [5, 5.41) is 3.53. The van der Waals surface area contributed by atoms with E-state index in [9.17, 15) is 13.2 Å². The first-order valence-electron chi connectivity index (χ1n) is 10.9. The van der Waals surface area contributed by atoms with Crippen LogP contribution in [0.1, 0.15) is 31.4 Å². The molecule has 1 amide bonds. The number of hydrogen-bond donors (Lipinski definition) is 2. The molecule has 0 bridgehead atoms. The third-order valence-electron chi connectivity index (χ3n) is 5.01. The Balaban J connectivity index is 1.84. The van der Waals surface area contributed by atoms with Crippen LogP contribution in [-0.2, 0) is 27.7 Å². The Labute approximate surface area is 201 Å². The SMILES string of the molecule is COc1cc(CCNC(=O)C(NS(C)(=O)=O)C(C)C)ccc1OCCCc1ccc(Cl)cc1. The summed E-state index contributed by atoms with van der Waals surface area (Å²) in [6.07, 6.45) is 3.37. The molecule has 0 aliphatic rings. The summed E-state index contributed by atoms with van der Waals surface area (Å²) in [6.45, 7) is 4.51. The van der Waals surface area contributed by atoms with Crippen molar-refractivity contribution in [3.8, 4) is 11.5 Å². The van der Waals surface area contributed by atoms with Gasteiger partial charge in [0, 0.05) is 11.6 Å². The lowest BCUT2D eigenvalue weighted by molar-refractivity contribution is -0.123. The predicted octanol–water partition coefficient (Wildman–Crippen LogP) is 3.59. The van der Waals surface area contributed by atoms with Crippen LogP contribution >= 0.6 is 11.6 Å². The van der Waals surface area contributed by atoms with Crippen molar-refractivity contribution < 1.29 is 22.7 Å². The lowest BCUT2D eigenvalue weighted by Gasteiger charge is -2.20. The van der Waals surface area contributed by atoms with Gasteiger partial charge in [0.1, 0.15) is 6.04 Å². The average molecular weight is 497 g/mol. The van der Waals surface area contributed by atoms with E-state index >= 15 is 0 Å². The average Bonchev–Trinajstić information content (AvgIpc) is 2.76. The number of rotatable bonds is 13. The summed E-state index contributed by atoms with van der Waals surface area (Å²) in [5.74, 6) is 0.779. The van der Waals surface area contributed by atoms with Crippen LogP contribution in [0.4, 0.5) is 0 Å². The van der Waals surface area contributed by atoms with Crippen LogP contribution in [0.15, 0.2) is 42.5 Å². The summed E-state index contributed by atoms with van der Waals surface area (Å²) < 4.78 is 36.7. The molecule has 0 radical (unpaired) electrons. The molecule has 1 atom stereocenters. The van der Waals surface area contributed by atoms with E-state index in [1.165, 1.54) is 5.56 Å². The third kappa shape index (κ3) is 9.61. The zero-order valence-corrected chi connectivity index (χ0v) is 21.1. The molecule has 9 heteroatoms. The Bertz CT molecular complexity index is 1010. The van der Waals surface area contributed by atoms with Crippen molar-refractivity contribution in [1.29, 1.82) is 0 Å². The van der Waals surface area contributed by atoms with Gasteiger partial charge in [-0.1, -0.05) is 43.6 Å². The van der Waals surface area contributed by atoms with Crippen molar-refractivity contribution in [3.63, 3.8) is 0 Å². The van der Waals surface area contributed by atoms with Crippen molar-refractivity contribution in [1.82, 2.24) is 10.0 Å². The number of methoxy groups -OCH3 is 1. The number of hydrogen-bond acceptors (Lipinski definition) is 5. The Hall–Kier alpha value is -2.29. The van der Waals surface area contributed by atoms with E-state index in [1.807, 2.05) is 42.5 Å². The van der Waals surface area contributed by atoms with E-state index in [-0.39, 0.29) is 11.8 Å². The fraction of sp³-hybridized carbons (Fsp3) is 0.458. The molecule has 0 aromatic heterocycles. The number of sulfonamides is 1. The summed E-state index contributed by atoms with van der Waals surface area (Å²) >= 11 is 5.91. The first-order valence-corrected chi connectivity index (χ1v) is 13.1. The molecular formula is C24H33ClN2O5S. The summed E-state index contributed by atoms with van der Waals surface area (Å²) in [6, 6.07) is 12.7. The number of ether oxygens (including phenoxy) is 2. The largest absolute Gasteiger partial charge is 0.493 e. The number of carbonyl (C=O) groups excluding carboxylic acids is 1. The van der Waals surface area contributed by atoms with Gasteiger partial charge in [0.2, 0.25) is 15.9 Å². The Morgan fingerprint density at radius 2 is 1.70 bits per heavy atom. The van der Waals surface area contributed by atoms with E-state index in [2.05, 4.69) is 10.0 Å². The van der Waals surface area contributed by atoms with E-state index in [4.69, 9.17) is 21.1 Å². The molecule has 2 rings (SSSR count). The minimum atomic E-state index is -3.48. The molecular weight excluding hydrogens is 464 g/mol. The van der Waals surface area contributed by atoms with Gasteiger partial charge in [-0.3, -0.25) is 4.79 Å². The highest BCUT2D eigenvalue weighted by molar-refractivity contribution is 7.88. The zero-order chi connectivity index (χ0) is 24.4. The monoisotopic (exact) mass is 496 g/mol. The van der Waals surface area contributed by atoms with Crippen molar-refractivity contribution >= 4 is 27.5 Å². The van der Waals surface area contributed by atoms with Gasteiger partial charge in [-0.05, 0) is 60.6 Å². The number of aryl methyl sites for hydroxylation is 1. The van der Waals surface area contributed by atoms with E-state index in [0.717, 1.165) is 29.7 Å². The summed E-state index contributed by atoms with van der Waals surface area (Å²) in [5.41, 5.74) is 2.18. The second-order valence-corrected chi connectivity index (χ2v) is 10.4. The molecule has 0 saturated carbocycles. The second kappa shape index (κ2) is 12.8. The van der Waals surface area contributed by atoms with Crippen LogP contribution in [0, 0.1) is 5.92 Å². The van der Waals surface area contributed by atoms with Crippen LogP contribution in [-0.4, -0.2) is 46.9 Å². The molecule has 0 spiro atoms. The lowest BCUT2D eigenvalue weighted by Crippen LogP contribution is -2.49. The minimum absolute atomic E-state index is 0.170. The van der Waals surface area contributed by atoms with Crippen molar-refractivity contribution in [2.45, 2.75) is 39.2 Å². The quantitative estimate of drug-likeness (QED) is 0.413. The van der Waals surface area contributed by atoms with Gasteiger partial charge in [0.25, 0.3) is 0 Å². The van der Waals surface area contributed by atoms with Gasteiger partial charge in [-0.2, -0.15) is 0 Å². The molecule has 7 nitrogen and oxygen atoms in total. The summed E-state index contributed by atoms with van der Waals surface area (Å²) in [4.78, 5) is 12.4. The molecule has 0 fully saturated rings. The highest BCUT2D eigenvalue weighted by Gasteiger charge is 2.24. The molecule has 182 valence electrons. The highest BCUT2D eigenvalue weighted by atomic mass is 35.5. The van der Waals surface area contributed by atoms with E-state index in [0.29, 0.717) is 31.1 Å². The number of carbonyl (C=O) groups is 1. The molecule has 0 aliphatic carbocycles. The zero-order valence-electron chi connectivity index (χ0n) is 19.6. The highest BCUT2D eigenvalue weighted by Crippen LogP contribution is 2.28. The normalized spacial score (nSPS) is 12.4. The van der Waals surface area contributed by atoms with Crippen LogP contribution < -0.4 is 19.5 Å². The predicted molar refractivity (Wildman–Crippen MR) is 132 cm³/mol. The minimum Gasteiger partial charge on any atom is -0.493 e. The smallest absolute Gasteiger partial charge is 0.238 e. The van der Waals surface area contributed by atoms with Crippen LogP contribution in [0.5, 0.6) is 11.5 Å². The second-order valence-electron chi connectivity index (χ2n) is 8.22. The summed E-state index contributed by atoms with van der Waals surface area (Å²) in [7, 11) is -1.89. The van der Waals surface area contributed by atoms with Crippen LogP contribution in [0.25, 0.3) is 0 Å². The third-order valence-corrected chi connectivity index (χ3v) is 5.95. The molecule has 2 N–H and O–H groups in total. The number of amides is 1. The Morgan fingerprint density at radius 3 is 2.30 bits per heavy atom. The maximum Gasteiger partial charge on any atom is 0.238 e. The van der Waals surface area contributed by atoms with Crippen molar-refractivity contribution in [2.75, 3.05) is 26.5 Å². The fourth-order valence-electron chi connectivity index (χ4n) is 3.26. The Morgan fingerprint density at radius 1 is 1.03 bits per heavy atom. The van der Waals surface area contributed by atoms with Gasteiger partial charge in [-0.25, -0.2) is 13.1 Å². The van der Waals surface area contributed by atoms with Gasteiger partial charge < -0.3 is 14.8 Å². The standard InChI is InChI=1S/C24H33ClN2O5S/c1-17(2)23(27-33(4,29)30)24(28)26-14-13-19-9-12-21(22(16-19)31-3)32-15-5-6-18-7-10-20(25)11-8-18/h7-12,16-17,23,27H,5-6,13-15H2,1-4H3,(H,26,28). The van der Waals surface area contributed by atoms with Crippen molar-refractivity contribution in [3.05, 3.63) is 58.6 Å². The number of nitrogens with one attached hydrogen (secondary N) is 2. The fourth-order valence-corrected chi connectivity index (χ4v) is 4.23. The molecule has 33 heavy (non-hydrogen) atoms. The first kappa shape index (κ1) is 27.0. The van der Waals surface area contributed by atoms with E-state index < -0.39 is 16.1 Å². The number of benzene rings is 2. The molecule has 0 saturated heterocycles. The maximum absolute atomic E-state index is 12.4. The topological polar surface area (TPSA) is 93.7 Å². The van der Waals surface area contributed by atoms with Gasteiger partial charge in [-0.15, -0.1) is 0 Å². The molecule has 0 aliphatic heterocycles. The van der Waals surface area contributed by atoms with Crippen molar-refractivity contribution in [2.24, 2.45) is 5.92 Å². The maximum atomic E-state index is 12.4. The lowest BCUT2D eigenvalue weighted by atomic mass is 10.0. The van der Waals surface area contributed by atoms with Crippen LogP contribution in [0.3, 0.4) is 0 Å². The van der Waals surface area contributed by atoms with Gasteiger partial charge >= 0.3 is 0 Å².